The highest BCUT2D eigenvalue weighted by Crippen LogP contribution is 2.28. The van der Waals surface area contributed by atoms with Crippen LogP contribution in [0.1, 0.15) is 18.3 Å². The molecule has 0 spiro atoms. The molecule has 31 heavy (non-hydrogen) atoms. The zero-order valence-electron chi connectivity index (χ0n) is 17.5. The first-order chi connectivity index (χ1) is 15.0. The number of aromatic nitrogens is 5. The molecule has 4 aromatic rings. The largest absolute Gasteiger partial charge is 0.455 e. The van der Waals surface area contributed by atoms with Gasteiger partial charge in [-0.1, -0.05) is 0 Å². The van der Waals surface area contributed by atoms with Crippen LogP contribution >= 0.6 is 0 Å². The van der Waals surface area contributed by atoms with E-state index in [9.17, 15) is 4.79 Å². The summed E-state index contributed by atoms with van der Waals surface area (Å²) in [6, 6.07) is 11.1. The molecule has 0 amide bonds. The van der Waals surface area contributed by atoms with Crippen molar-refractivity contribution in [2.75, 3.05) is 11.9 Å². The van der Waals surface area contributed by atoms with E-state index in [-0.39, 0.29) is 5.56 Å². The minimum Gasteiger partial charge on any atom is -0.455 e. The fourth-order valence-electron chi connectivity index (χ4n) is 3.02. The molecule has 0 bridgehead atoms. The topological polar surface area (TPSA) is 106 Å². The monoisotopic (exact) mass is 414 g/mol. The third kappa shape index (κ3) is 4.58. The summed E-state index contributed by atoms with van der Waals surface area (Å²) in [7, 11) is 0. The van der Waals surface area contributed by atoms with E-state index in [1.807, 2.05) is 39.0 Å². The number of pyridine rings is 3. The first kappa shape index (κ1) is 20.2. The van der Waals surface area contributed by atoms with Crippen LogP contribution in [0.3, 0.4) is 0 Å². The summed E-state index contributed by atoms with van der Waals surface area (Å²) in [5.74, 6) is 1.67. The zero-order chi connectivity index (χ0) is 21.8. The highest BCUT2D eigenvalue weighted by Gasteiger charge is 2.11. The number of hydrogen-bond donors (Lipinski definition) is 2. The first-order valence-corrected chi connectivity index (χ1v) is 9.91. The molecule has 4 heterocycles. The van der Waals surface area contributed by atoms with Crippen LogP contribution in [0.15, 0.2) is 59.8 Å². The Morgan fingerprint density at radius 3 is 2.58 bits per heavy atom. The number of nitrogens with zero attached hydrogens (tertiary/aromatic N) is 4. The molecule has 4 aromatic heterocycles. The minimum atomic E-state index is -0.253. The van der Waals surface area contributed by atoms with Crippen molar-refractivity contribution in [1.82, 2.24) is 24.9 Å². The van der Waals surface area contributed by atoms with Crippen molar-refractivity contribution >= 4 is 5.95 Å². The molecule has 0 atom stereocenters. The number of anilines is 1. The molecule has 0 unspecified atom stereocenters. The average Bonchev–Trinajstić information content (AvgIpc) is 2.76. The first-order valence-electron chi connectivity index (χ1n) is 9.91. The molecule has 0 saturated carbocycles. The maximum Gasteiger partial charge on any atom is 0.261 e. The van der Waals surface area contributed by atoms with Crippen LogP contribution in [0.25, 0.3) is 22.5 Å². The fraction of sp³-hybridized carbons (Fsp3) is 0.174. The second-order valence-electron chi connectivity index (χ2n) is 6.95. The molecule has 0 radical (unpaired) electrons. The van der Waals surface area contributed by atoms with Gasteiger partial charge in [0.2, 0.25) is 5.95 Å². The van der Waals surface area contributed by atoms with Crippen molar-refractivity contribution in [3.63, 3.8) is 0 Å². The van der Waals surface area contributed by atoms with E-state index < -0.39 is 0 Å². The van der Waals surface area contributed by atoms with E-state index in [0.29, 0.717) is 40.9 Å². The number of H-pyrrole nitrogens is 1. The lowest BCUT2D eigenvalue weighted by atomic mass is 10.2. The summed E-state index contributed by atoms with van der Waals surface area (Å²) in [5, 5.41) is 2.98. The van der Waals surface area contributed by atoms with Gasteiger partial charge in [-0.2, -0.15) is 0 Å². The molecular weight excluding hydrogens is 392 g/mol. The van der Waals surface area contributed by atoms with Gasteiger partial charge >= 0.3 is 0 Å². The van der Waals surface area contributed by atoms with Gasteiger partial charge in [0.05, 0.1) is 22.6 Å². The zero-order valence-corrected chi connectivity index (χ0v) is 17.5. The lowest BCUT2D eigenvalue weighted by Gasteiger charge is -2.11. The summed E-state index contributed by atoms with van der Waals surface area (Å²) in [6.45, 7) is 6.37. The molecule has 0 aliphatic heterocycles. The number of ether oxygens (including phenoxy) is 1. The molecule has 4 rings (SSSR count). The number of aromatic amines is 1. The van der Waals surface area contributed by atoms with Gasteiger partial charge in [-0.25, -0.2) is 9.97 Å². The second-order valence-corrected chi connectivity index (χ2v) is 6.95. The molecule has 2 N–H and O–H groups in total. The Morgan fingerprint density at radius 2 is 1.87 bits per heavy atom. The van der Waals surface area contributed by atoms with Crippen LogP contribution in [0, 0.1) is 13.8 Å². The Labute approximate surface area is 179 Å². The minimum absolute atomic E-state index is 0.253. The van der Waals surface area contributed by atoms with Gasteiger partial charge in [-0.3, -0.25) is 19.7 Å². The van der Waals surface area contributed by atoms with E-state index in [2.05, 4.69) is 30.2 Å². The molecular formula is C23H22N6O2. The molecule has 156 valence electrons. The molecule has 0 aliphatic rings. The lowest BCUT2D eigenvalue weighted by Crippen LogP contribution is -2.14. The summed E-state index contributed by atoms with van der Waals surface area (Å²) in [4.78, 5) is 32.6. The number of rotatable bonds is 6. The average molecular weight is 414 g/mol. The lowest BCUT2D eigenvalue weighted by molar-refractivity contribution is 0.475. The van der Waals surface area contributed by atoms with Crippen molar-refractivity contribution in [2.45, 2.75) is 20.8 Å². The van der Waals surface area contributed by atoms with Crippen molar-refractivity contribution in [3.8, 4) is 34.0 Å². The van der Waals surface area contributed by atoms with Crippen LogP contribution in [-0.4, -0.2) is 31.5 Å². The van der Waals surface area contributed by atoms with Gasteiger partial charge in [0.15, 0.2) is 0 Å². The van der Waals surface area contributed by atoms with Crippen LogP contribution in [0.4, 0.5) is 5.95 Å². The maximum absolute atomic E-state index is 12.4. The van der Waals surface area contributed by atoms with Crippen molar-refractivity contribution in [3.05, 3.63) is 76.7 Å². The molecule has 0 fully saturated rings. The summed E-state index contributed by atoms with van der Waals surface area (Å²) >= 11 is 0. The Morgan fingerprint density at radius 1 is 1.00 bits per heavy atom. The standard InChI is InChI=1S/C23H22N6O2/c1-4-24-23-27-13-18(22(30)29-23)19-7-8-21(15(3)28-19)31-17-9-10-25-20(11-17)16-6-5-14(2)26-12-16/h5-13H,4H2,1-3H3,(H2,24,27,29,30). The van der Waals surface area contributed by atoms with Gasteiger partial charge in [-0.05, 0) is 51.1 Å². The Balaban J connectivity index is 1.58. The Kier molecular flexibility index (Phi) is 5.70. The van der Waals surface area contributed by atoms with Gasteiger partial charge in [-0.15, -0.1) is 0 Å². The van der Waals surface area contributed by atoms with Crippen molar-refractivity contribution < 1.29 is 4.74 Å². The van der Waals surface area contributed by atoms with E-state index in [1.54, 1.807) is 30.6 Å². The maximum atomic E-state index is 12.4. The van der Waals surface area contributed by atoms with Gasteiger partial charge in [0.25, 0.3) is 5.56 Å². The van der Waals surface area contributed by atoms with Crippen LogP contribution in [0.2, 0.25) is 0 Å². The molecule has 0 aromatic carbocycles. The van der Waals surface area contributed by atoms with Crippen molar-refractivity contribution in [1.29, 1.82) is 0 Å². The highest BCUT2D eigenvalue weighted by molar-refractivity contribution is 5.61. The third-order valence-electron chi connectivity index (χ3n) is 4.62. The molecule has 0 saturated heterocycles. The summed E-state index contributed by atoms with van der Waals surface area (Å²) < 4.78 is 6.03. The number of hydrogen-bond acceptors (Lipinski definition) is 7. The fourth-order valence-corrected chi connectivity index (χ4v) is 3.02. The van der Waals surface area contributed by atoms with Gasteiger partial charge in [0, 0.05) is 42.5 Å². The number of nitrogens with one attached hydrogen (secondary N) is 2. The van der Waals surface area contributed by atoms with Crippen LogP contribution in [-0.2, 0) is 0 Å². The third-order valence-corrected chi connectivity index (χ3v) is 4.62. The number of aryl methyl sites for hydroxylation is 2. The molecule has 0 aliphatic carbocycles. The predicted molar refractivity (Wildman–Crippen MR) is 119 cm³/mol. The van der Waals surface area contributed by atoms with Crippen molar-refractivity contribution in [2.24, 2.45) is 0 Å². The molecule has 8 nitrogen and oxygen atoms in total. The van der Waals surface area contributed by atoms with Gasteiger partial charge < -0.3 is 10.1 Å². The van der Waals surface area contributed by atoms with Crippen LogP contribution in [0.5, 0.6) is 11.5 Å². The predicted octanol–water partition coefficient (Wildman–Crippen LogP) is 4.13. The van der Waals surface area contributed by atoms with E-state index >= 15 is 0 Å². The smallest absolute Gasteiger partial charge is 0.261 e. The van der Waals surface area contributed by atoms with E-state index in [4.69, 9.17) is 4.74 Å². The van der Waals surface area contributed by atoms with E-state index in [1.165, 1.54) is 6.20 Å². The SMILES string of the molecule is CCNc1ncc(-c2ccc(Oc3ccnc(-c4ccc(C)nc4)c3)c(C)n2)c(=O)[nH]1. The normalized spacial score (nSPS) is 10.7. The van der Waals surface area contributed by atoms with E-state index in [0.717, 1.165) is 17.0 Å². The van der Waals surface area contributed by atoms with Crippen LogP contribution < -0.4 is 15.6 Å². The highest BCUT2D eigenvalue weighted by atomic mass is 16.5. The quantitative estimate of drug-likeness (QED) is 0.489. The molecule has 8 heteroatoms. The second kappa shape index (κ2) is 8.74. The summed E-state index contributed by atoms with van der Waals surface area (Å²) in [6.07, 6.45) is 5.00. The Bertz CT molecular complexity index is 1270. The summed E-state index contributed by atoms with van der Waals surface area (Å²) in [5.41, 5.74) is 3.96. The Hall–Kier alpha value is -4.07. The van der Waals surface area contributed by atoms with Gasteiger partial charge in [0.1, 0.15) is 11.5 Å².